The van der Waals surface area contributed by atoms with Crippen LogP contribution in [0.4, 0.5) is 5.69 Å². The third kappa shape index (κ3) is 3.06. The lowest BCUT2D eigenvalue weighted by molar-refractivity contribution is -0.132. The van der Waals surface area contributed by atoms with Crippen molar-refractivity contribution in [3.05, 3.63) is 114 Å². The molecule has 6 rings (SSSR count). The van der Waals surface area contributed by atoms with Gasteiger partial charge in [-0.15, -0.1) is 0 Å². The predicted molar refractivity (Wildman–Crippen MR) is 137 cm³/mol. The molecule has 174 valence electrons. The number of nitrogens with zero attached hydrogens (tertiary/aromatic N) is 1. The van der Waals surface area contributed by atoms with Gasteiger partial charge < -0.3 is 4.74 Å². The summed E-state index contributed by atoms with van der Waals surface area (Å²) < 4.78 is 5.27. The average Bonchev–Trinajstić information content (AvgIpc) is 3.35. The summed E-state index contributed by atoms with van der Waals surface area (Å²) >= 11 is 0. The molecule has 0 aromatic heterocycles. The average molecular weight is 462 g/mol. The molecule has 2 amide bonds. The molecule has 2 atom stereocenters. The molecule has 1 saturated carbocycles. The van der Waals surface area contributed by atoms with Crippen LogP contribution in [0.5, 0.6) is 5.75 Å². The monoisotopic (exact) mass is 461 g/mol. The van der Waals surface area contributed by atoms with Crippen LogP contribution in [0.1, 0.15) is 36.8 Å². The molecular formula is C31H27NO3. The van der Waals surface area contributed by atoms with Crippen molar-refractivity contribution in [3.63, 3.8) is 0 Å². The number of carbonyl (C=O) groups excluding carboxylic acids is 2. The maximum atomic E-state index is 14.2. The van der Waals surface area contributed by atoms with E-state index in [0.717, 1.165) is 16.7 Å². The standard InChI is InChI=1S/C31H27NO3/c1-35-26-16-14-25(15-17-26)32-28(33)30-18-8-9-19-31(30,29(32)34)21-24(20-30)27(22-10-4-2-5-11-22)23-12-6-3-7-13-23/h2-17H,18-21H2,1H3/t30-,31+. The van der Waals surface area contributed by atoms with Crippen molar-refractivity contribution in [2.45, 2.75) is 25.7 Å². The van der Waals surface area contributed by atoms with Crippen LogP contribution in [0, 0.1) is 10.8 Å². The smallest absolute Gasteiger partial charge is 0.241 e. The normalized spacial score (nSPS) is 24.9. The first-order valence-electron chi connectivity index (χ1n) is 12.1. The van der Waals surface area contributed by atoms with Crippen LogP contribution in [-0.2, 0) is 9.59 Å². The second-order valence-electron chi connectivity index (χ2n) is 9.75. The van der Waals surface area contributed by atoms with Crippen molar-refractivity contribution in [1.82, 2.24) is 0 Å². The van der Waals surface area contributed by atoms with Gasteiger partial charge in [0.2, 0.25) is 11.8 Å². The van der Waals surface area contributed by atoms with Gasteiger partial charge in [0.25, 0.3) is 0 Å². The number of methoxy groups -OCH3 is 1. The lowest BCUT2D eigenvalue weighted by Crippen LogP contribution is -2.41. The van der Waals surface area contributed by atoms with E-state index in [1.807, 2.05) is 36.4 Å². The number of hydrogen-bond acceptors (Lipinski definition) is 3. The summed E-state index contributed by atoms with van der Waals surface area (Å²) in [6.07, 6.45) is 6.54. The fraction of sp³-hybridized carbons (Fsp3) is 0.226. The summed E-state index contributed by atoms with van der Waals surface area (Å²) in [6, 6.07) is 27.9. The highest BCUT2D eigenvalue weighted by Crippen LogP contribution is 2.67. The summed E-state index contributed by atoms with van der Waals surface area (Å²) in [7, 11) is 1.61. The molecule has 0 bridgehead atoms. The third-order valence-corrected chi connectivity index (χ3v) is 8.08. The van der Waals surface area contributed by atoms with E-state index in [1.54, 1.807) is 31.4 Å². The summed E-state index contributed by atoms with van der Waals surface area (Å²) in [5, 5.41) is 0. The molecule has 4 heteroatoms. The molecule has 3 aromatic rings. The molecule has 0 spiro atoms. The Hall–Kier alpha value is -3.92. The Kier molecular flexibility index (Phi) is 4.99. The van der Waals surface area contributed by atoms with Crippen molar-refractivity contribution in [3.8, 4) is 5.75 Å². The number of imide groups is 1. The summed E-state index contributed by atoms with van der Waals surface area (Å²) in [5.74, 6) is 0.545. The number of allylic oxidation sites excluding steroid dienone is 3. The topological polar surface area (TPSA) is 46.6 Å². The maximum Gasteiger partial charge on any atom is 0.241 e. The van der Waals surface area contributed by atoms with Gasteiger partial charge in [-0.05, 0) is 66.6 Å². The molecule has 2 fully saturated rings. The highest BCUT2D eigenvalue weighted by atomic mass is 16.5. The van der Waals surface area contributed by atoms with Gasteiger partial charge in [-0.1, -0.05) is 78.4 Å². The van der Waals surface area contributed by atoms with E-state index in [0.29, 0.717) is 37.1 Å². The molecule has 1 saturated heterocycles. The minimum atomic E-state index is -0.747. The number of ether oxygens (including phenoxy) is 1. The van der Waals surface area contributed by atoms with E-state index in [-0.39, 0.29) is 11.8 Å². The molecular weight excluding hydrogens is 434 g/mol. The molecule has 4 nitrogen and oxygen atoms in total. The van der Waals surface area contributed by atoms with Crippen LogP contribution >= 0.6 is 0 Å². The largest absolute Gasteiger partial charge is 0.497 e. The number of benzene rings is 3. The van der Waals surface area contributed by atoms with Gasteiger partial charge in [0, 0.05) is 0 Å². The number of rotatable bonds is 4. The third-order valence-electron chi connectivity index (χ3n) is 8.08. The van der Waals surface area contributed by atoms with Crippen LogP contribution < -0.4 is 9.64 Å². The Morgan fingerprint density at radius 1 is 0.714 bits per heavy atom. The van der Waals surface area contributed by atoms with E-state index in [1.165, 1.54) is 10.5 Å². The second kappa shape index (κ2) is 8.09. The molecule has 3 aliphatic rings. The molecule has 3 aromatic carbocycles. The fourth-order valence-corrected chi connectivity index (χ4v) is 6.42. The summed E-state index contributed by atoms with van der Waals surface area (Å²) in [4.78, 5) is 29.8. The van der Waals surface area contributed by atoms with Gasteiger partial charge in [-0.3, -0.25) is 9.59 Å². The number of carbonyl (C=O) groups is 2. The van der Waals surface area contributed by atoms with Crippen LogP contribution in [0.15, 0.2) is 103 Å². The zero-order valence-corrected chi connectivity index (χ0v) is 19.7. The van der Waals surface area contributed by atoms with Crippen LogP contribution in [0.3, 0.4) is 0 Å². The Bertz CT molecular complexity index is 1280. The van der Waals surface area contributed by atoms with Gasteiger partial charge in [-0.25, -0.2) is 4.90 Å². The quantitative estimate of drug-likeness (QED) is 0.344. The fourth-order valence-electron chi connectivity index (χ4n) is 6.42. The molecule has 1 aliphatic heterocycles. The zero-order chi connectivity index (χ0) is 24.0. The number of anilines is 1. The van der Waals surface area contributed by atoms with Crippen molar-refractivity contribution >= 4 is 23.1 Å². The highest BCUT2D eigenvalue weighted by Gasteiger charge is 2.72. The Labute approximate surface area is 205 Å². The Morgan fingerprint density at radius 3 is 1.66 bits per heavy atom. The Balaban J connectivity index is 1.50. The van der Waals surface area contributed by atoms with E-state index >= 15 is 0 Å². The van der Waals surface area contributed by atoms with E-state index in [2.05, 4.69) is 36.4 Å². The van der Waals surface area contributed by atoms with Gasteiger partial charge in [0.1, 0.15) is 5.75 Å². The van der Waals surface area contributed by atoms with Crippen LogP contribution in [0.25, 0.3) is 5.57 Å². The minimum Gasteiger partial charge on any atom is -0.497 e. The maximum absolute atomic E-state index is 14.2. The first-order valence-corrected chi connectivity index (χ1v) is 12.1. The zero-order valence-electron chi connectivity index (χ0n) is 19.7. The van der Waals surface area contributed by atoms with Gasteiger partial charge >= 0.3 is 0 Å². The molecule has 35 heavy (non-hydrogen) atoms. The van der Waals surface area contributed by atoms with Crippen molar-refractivity contribution in [2.24, 2.45) is 10.8 Å². The first kappa shape index (κ1) is 21.6. The van der Waals surface area contributed by atoms with E-state index < -0.39 is 10.8 Å². The summed E-state index contributed by atoms with van der Waals surface area (Å²) in [6.45, 7) is 0. The van der Waals surface area contributed by atoms with Crippen molar-refractivity contribution in [2.75, 3.05) is 12.0 Å². The van der Waals surface area contributed by atoms with E-state index in [4.69, 9.17) is 4.74 Å². The molecule has 0 radical (unpaired) electrons. The number of hydrogen-bond donors (Lipinski definition) is 0. The second-order valence-corrected chi connectivity index (χ2v) is 9.75. The lowest BCUT2D eigenvalue weighted by Gasteiger charge is -2.36. The SMILES string of the molecule is COc1ccc(N2C(=O)[C@@]34CC=CC[C@@]3(CC(=C(c3ccccc3)c3ccccc3)C4)C2=O)cc1. The number of amides is 2. The minimum absolute atomic E-state index is 0.0764. The predicted octanol–water partition coefficient (Wildman–Crippen LogP) is 6.19. The molecule has 0 N–H and O–H groups in total. The van der Waals surface area contributed by atoms with Gasteiger partial charge in [0.15, 0.2) is 0 Å². The van der Waals surface area contributed by atoms with Crippen LogP contribution in [-0.4, -0.2) is 18.9 Å². The highest BCUT2D eigenvalue weighted by molar-refractivity contribution is 6.26. The van der Waals surface area contributed by atoms with Crippen molar-refractivity contribution in [1.29, 1.82) is 0 Å². The summed E-state index contributed by atoms with van der Waals surface area (Å²) in [5.41, 5.74) is 3.72. The molecule has 1 heterocycles. The van der Waals surface area contributed by atoms with Crippen LogP contribution in [0.2, 0.25) is 0 Å². The van der Waals surface area contributed by atoms with E-state index in [9.17, 15) is 9.59 Å². The lowest BCUT2D eigenvalue weighted by atomic mass is 9.61. The first-order chi connectivity index (χ1) is 17.1. The van der Waals surface area contributed by atoms with Gasteiger partial charge in [-0.2, -0.15) is 0 Å². The molecule has 2 aliphatic carbocycles. The Morgan fingerprint density at radius 2 is 1.20 bits per heavy atom. The van der Waals surface area contributed by atoms with Gasteiger partial charge in [0.05, 0.1) is 23.6 Å². The molecule has 0 unspecified atom stereocenters. The van der Waals surface area contributed by atoms with Crippen molar-refractivity contribution < 1.29 is 14.3 Å².